The number of hydrogen-bond donors (Lipinski definition) is 4. The summed E-state index contributed by atoms with van der Waals surface area (Å²) >= 11 is 0. The Kier molecular flexibility index (Phi) is 44.5. The predicted molar refractivity (Wildman–Crippen MR) is 236 cm³/mol. The van der Waals surface area contributed by atoms with Crippen molar-refractivity contribution in [3.8, 4) is 0 Å². The van der Waals surface area contributed by atoms with E-state index in [0.29, 0.717) is 12.8 Å². The van der Waals surface area contributed by atoms with Gasteiger partial charge in [0.15, 0.2) is 12.5 Å². The number of esters is 2. The van der Waals surface area contributed by atoms with Crippen LogP contribution in [0.2, 0.25) is 0 Å². The van der Waals surface area contributed by atoms with Crippen LogP contribution >= 0.6 is 0 Å². The zero-order valence-electron chi connectivity index (χ0n) is 36.5. The van der Waals surface area contributed by atoms with Crippen LogP contribution < -0.4 is 22.9 Å². The lowest BCUT2D eigenvalue weighted by molar-refractivity contribution is -0.150. The minimum absolute atomic E-state index is 0.123. The first-order valence-electron chi connectivity index (χ1n) is 24.3. The van der Waals surface area contributed by atoms with Gasteiger partial charge in [-0.3, -0.25) is 21.1 Å². The van der Waals surface area contributed by atoms with Crippen molar-refractivity contribution in [2.75, 3.05) is 13.1 Å². The van der Waals surface area contributed by atoms with Gasteiger partial charge < -0.3 is 20.9 Å². The summed E-state index contributed by atoms with van der Waals surface area (Å²) in [6.07, 6.45) is 47.9. The van der Waals surface area contributed by atoms with E-state index in [4.69, 9.17) is 32.4 Å². The van der Waals surface area contributed by atoms with E-state index in [-0.39, 0.29) is 11.9 Å². The Morgan fingerprint density at radius 2 is 0.473 bits per heavy atom. The molecule has 0 bridgehead atoms. The molecule has 2 atom stereocenters. The van der Waals surface area contributed by atoms with Crippen LogP contribution in [-0.2, 0) is 19.1 Å². The normalized spacial score (nSPS) is 12.6. The summed E-state index contributed by atoms with van der Waals surface area (Å²) < 4.78 is 10.8. The molecule has 0 aromatic carbocycles. The van der Waals surface area contributed by atoms with E-state index in [1.807, 2.05) is 0 Å². The van der Waals surface area contributed by atoms with E-state index in [1.165, 1.54) is 186 Å². The van der Waals surface area contributed by atoms with Crippen LogP contribution in [0, 0.1) is 0 Å². The Labute approximate surface area is 341 Å². The Bertz CT molecular complexity index is 724. The zero-order valence-corrected chi connectivity index (χ0v) is 36.5. The molecule has 328 valence electrons. The van der Waals surface area contributed by atoms with Gasteiger partial charge in [0.2, 0.25) is 0 Å². The monoisotopic (exact) mass is 781 g/mol. The molecule has 0 amide bonds. The van der Waals surface area contributed by atoms with Crippen molar-refractivity contribution < 1.29 is 19.1 Å². The fourth-order valence-corrected chi connectivity index (χ4v) is 7.57. The molecule has 8 heteroatoms. The third-order valence-corrected chi connectivity index (χ3v) is 11.2. The van der Waals surface area contributed by atoms with Crippen LogP contribution in [-0.4, -0.2) is 37.5 Å². The van der Waals surface area contributed by atoms with E-state index in [2.05, 4.69) is 0 Å². The van der Waals surface area contributed by atoms with Crippen LogP contribution in [0.3, 0.4) is 0 Å². The van der Waals surface area contributed by atoms with Crippen molar-refractivity contribution in [1.29, 1.82) is 0 Å². The molecule has 55 heavy (non-hydrogen) atoms. The quantitative estimate of drug-likeness (QED) is 0.0270. The first kappa shape index (κ1) is 53.8. The van der Waals surface area contributed by atoms with Gasteiger partial charge in [-0.2, -0.15) is 0 Å². The molecule has 0 aromatic rings. The topological polar surface area (TPSA) is 157 Å². The third kappa shape index (κ3) is 45.4. The summed E-state index contributed by atoms with van der Waals surface area (Å²) in [6.45, 7) is 1.63. The zero-order chi connectivity index (χ0) is 40.1. The second kappa shape index (κ2) is 45.5. The van der Waals surface area contributed by atoms with E-state index >= 15 is 0 Å². The Morgan fingerprint density at radius 1 is 0.291 bits per heavy atom. The van der Waals surface area contributed by atoms with E-state index < -0.39 is 12.5 Å². The number of carbonyl (C=O) groups is 2. The van der Waals surface area contributed by atoms with Crippen molar-refractivity contribution in [1.82, 2.24) is 0 Å². The van der Waals surface area contributed by atoms with E-state index in [1.54, 1.807) is 0 Å². The highest BCUT2D eigenvalue weighted by Gasteiger charge is 2.11. The lowest BCUT2D eigenvalue weighted by Crippen LogP contribution is -2.26. The molecule has 0 saturated carbocycles. The molecule has 0 fully saturated rings. The Balaban J connectivity index is 3.31. The predicted octanol–water partition coefficient (Wildman–Crippen LogP) is 12.6. The van der Waals surface area contributed by atoms with Crippen molar-refractivity contribution >= 4 is 11.9 Å². The third-order valence-electron chi connectivity index (χ3n) is 11.2. The van der Waals surface area contributed by atoms with Crippen molar-refractivity contribution in [3.05, 3.63) is 0 Å². The molecule has 0 spiro atoms. The maximum Gasteiger partial charge on any atom is 0.307 e. The van der Waals surface area contributed by atoms with Crippen LogP contribution in [0.15, 0.2) is 0 Å². The first-order valence-corrected chi connectivity index (χ1v) is 24.3. The summed E-state index contributed by atoms with van der Waals surface area (Å²) in [5.74, 6) is -0.247. The highest BCUT2D eigenvalue weighted by Crippen LogP contribution is 2.17. The average molecular weight is 781 g/mol. The number of nitrogens with two attached hydrogens (primary N) is 4. The maximum absolute atomic E-state index is 12.1. The summed E-state index contributed by atoms with van der Waals surface area (Å²) in [5, 5.41) is 0. The van der Waals surface area contributed by atoms with Gasteiger partial charge in [0.25, 0.3) is 0 Å². The molecule has 2 unspecified atom stereocenters. The standard InChI is InChI=1S/C47H96N4O4/c48-42-36-30-24-18-12-14-20-26-32-38-44(50)54-46(52)40-34-28-22-16-10-8-6-4-2-1-3-5-7-9-11-17-23-29-35-41-47(53)55-45(51)39-33-27-21-15-13-19-25-31-37-43-49/h44-45H,1-43,48-51H2. The van der Waals surface area contributed by atoms with Gasteiger partial charge in [0.05, 0.1) is 0 Å². The minimum Gasteiger partial charge on any atom is -0.447 e. The number of carbonyl (C=O) groups excluding carboxylic acids is 2. The number of ether oxygens (including phenoxy) is 2. The second-order valence-electron chi connectivity index (χ2n) is 16.8. The SMILES string of the molecule is NCCCCCCCCCCCC(N)OC(=O)CCCCCCCCCCCCCCCCCCCCCC(=O)OC(N)CCCCCCCCCCCN. The highest BCUT2D eigenvalue weighted by molar-refractivity contribution is 5.69. The second-order valence-corrected chi connectivity index (χ2v) is 16.8. The molecule has 0 aliphatic rings. The largest absolute Gasteiger partial charge is 0.447 e. The van der Waals surface area contributed by atoms with Gasteiger partial charge in [-0.25, -0.2) is 0 Å². The van der Waals surface area contributed by atoms with Gasteiger partial charge in [-0.15, -0.1) is 0 Å². The van der Waals surface area contributed by atoms with Gasteiger partial charge in [-0.1, -0.05) is 199 Å². The lowest BCUT2D eigenvalue weighted by atomic mass is 10.0. The molecule has 0 heterocycles. The molecule has 0 aliphatic carbocycles. The smallest absolute Gasteiger partial charge is 0.307 e. The van der Waals surface area contributed by atoms with Crippen molar-refractivity contribution in [2.24, 2.45) is 22.9 Å². The molecule has 8 N–H and O–H groups in total. The number of hydrogen-bond acceptors (Lipinski definition) is 8. The van der Waals surface area contributed by atoms with E-state index in [9.17, 15) is 9.59 Å². The Hall–Kier alpha value is -1.22. The average Bonchev–Trinajstić information content (AvgIpc) is 3.16. The van der Waals surface area contributed by atoms with E-state index in [0.717, 1.165) is 77.3 Å². The van der Waals surface area contributed by atoms with Crippen LogP contribution in [0.5, 0.6) is 0 Å². The molecular formula is C47H96N4O4. The van der Waals surface area contributed by atoms with Crippen LogP contribution in [0.4, 0.5) is 0 Å². The Morgan fingerprint density at radius 3 is 0.691 bits per heavy atom. The fourth-order valence-electron chi connectivity index (χ4n) is 7.57. The molecule has 8 nitrogen and oxygen atoms in total. The summed E-state index contributed by atoms with van der Waals surface area (Å²) in [5.41, 5.74) is 23.1. The van der Waals surface area contributed by atoms with Crippen molar-refractivity contribution in [3.63, 3.8) is 0 Å². The highest BCUT2D eigenvalue weighted by atomic mass is 16.6. The van der Waals surface area contributed by atoms with Crippen molar-refractivity contribution in [2.45, 2.75) is 276 Å². The van der Waals surface area contributed by atoms with Gasteiger partial charge in [0.1, 0.15) is 0 Å². The molecule has 0 aromatic heterocycles. The minimum atomic E-state index is -0.436. The maximum atomic E-state index is 12.1. The molecule has 0 saturated heterocycles. The molecule has 0 rings (SSSR count). The number of unbranched alkanes of at least 4 members (excludes halogenated alkanes) is 34. The summed E-state index contributed by atoms with van der Waals surface area (Å²) in [7, 11) is 0. The van der Waals surface area contributed by atoms with Gasteiger partial charge in [-0.05, 0) is 64.5 Å². The van der Waals surface area contributed by atoms with Crippen LogP contribution in [0.1, 0.15) is 263 Å². The first-order chi connectivity index (χ1) is 27.0. The lowest BCUT2D eigenvalue weighted by Gasteiger charge is -2.13. The van der Waals surface area contributed by atoms with Crippen LogP contribution in [0.25, 0.3) is 0 Å². The molecule has 0 aliphatic heterocycles. The molecular weight excluding hydrogens is 685 g/mol. The molecule has 0 radical (unpaired) electrons. The van der Waals surface area contributed by atoms with Gasteiger partial charge in [0, 0.05) is 12.8 Å². The van der Waals surface area contributed by atoms with Gasteiger partial charge >= 0.3 is 11.9 Å². The summed E-state index contributed by atoms with van der Waals surface area (Å²) in [6, 6.07) is 0. The number of rotatable bonds is 46. The fraction of sp³-hybridized carbons (Fsp3) is 0.957. The summed E-state index contributed by atoms with van der Waals surface area (Å²) in [4.78, 5) is 24.2.